The monoisotopic (exact) mass is 237 g/mol. The van der Waals surface area contributed by atoms with Crippen LogP contribution in [0.4, 0.5) is 0 Å². The predicted octanol–water partition coefficient (Wildman–Crippen LogP) is 1.85. The minimum Gasteiger partial charge on any atom is -0.485 e. The summed E-state index contributed by atoms with van der Waals surface area (Å²) in [5.41, 5.74) is 1.07. The van der Waals surface area contributed by atoms with Crippen molar-refractivity contribution < 1.29 is 4.74 Å². The first-order valence-electron chi connectivity index (χ1n) is 6.38. The van der Waals surface area contributed by atoms with Crippen LogP contribution in [-0.4, -0.2) is 29.0 Å². The molecule has 0 saturated carbocycles. The molecule has 1 unspecified atom stereocenters. The minimum atomic E-state index is 0.0265. The second-order valence-corrected chi connectivity index (χ2v) is 5.85. The van der Waals surface area contributed by atoms with Crippen LogP contribution in [0, 0.1) is 0 Å². The topological polar surface area (TPSA) is 39.1 Å². The van der Waals surface area contributed by atoms with Gasteiger partial charge >= 0.3 is 0 Å². The third-order valence-corrected chi connectivity index (χ3v) is 3.05. The van der Waals surface area contributed by atoms with Crippen LogP contribution in [0.5, 0.6) is 5.75 Å². The van der Waals surface area contributed by atoms with Gasteiger partial charge in [-0.25, -0.2) is 0 Å². The average Bonchev–Trinajstić information content (AvgIpc) is 2.60. The van der Waals surface area contributed by atoms with Crippen molar-refractivity contribution in [3.05, 3.63) is 11.9 Å². The molecule has 0 bridgehead atoms. The smallest absolute Gasteiger partial charge is 0.161 e. The van der Waals surface area contributed by atoms with Gasteiger partial charge in [0.25, 0.3) is 0 Å². The normalized spacial score (nSPS) is 21.5. The van der Waals surface area contributed by atoms with Crippen molar-refractivity contribution >= 4 is 0 Å². The molecule has 96 valence electrons. The first-order valence-corrected chi connectivity index (χ1v) is 6.38. The Hall–Kier alpha value is -1.03. The highest BCUT2D eigenvalue weighted by atomic mass is 16.5. The number of nitrogens with zero attached hydrogens (tertiary/aromatic N) is 2. The molecule has 17 heavy (non-hydrogen) atoms. The molecule has 2 rings (SSSR count). The van der Waals surface area contributed by atoms with Crippen molar-refractivity contribution in [3.63, 3.8) is 0 Å². The number of aryl methyl sites for hydroxylation is 1. The standard InChI is InChI=1S/C13H23N3O/c1-13(2,3)12-11(9-16(4)15-12)17-10-6-5-7-14-8-10/h9-10,14H,5-8H2,1-4H3. The number of ether oxygens (including phenoxy) is 1. The van der Waals surface area contributed by atoms with Crippen molar-refractivity contribution in [2.45, 2.75) is 45.1 Å². The van der Waals surface area contributed by atoms with Gasteiger partial charge in [0, 0.05) is 19.0 Å². The van der Waals surface area contributed by atoms with E-state index in [-0.39, 0.29) is 11.5 Å². The molecule has 0 spiro atoms. The lowest BCUT2D eigenvalue weighted by molar-refractivity contribution is 0.164. The van der Waals surface area contributed by atoms with Crippen LogP contribution >= 0.6 is 0 Å². The van der Waals surface area contributed by atoms with Gasteiger partial charge in [-0.05, 0) is 19.4 Å². The van der Waals surface area contributed by atoms with Crippen LogP contribution in [0.2, 0.25) is 0 Å². The molecule has 1 atom stereocenters. The Morgan fingerprint density at radius 1 is 1.47 bits per heavy atom. The van der Waals surface area contributed by atoms with Gasteiger partial charge < -0.3 is 10.1 Å². The van der Waals surface area contributed by atoms with Crippen molar-refractivity contribution in [2.75, 3.05) is 13.1 Å². The van der Waals surface area contributed by atoms with Gasteiger partial charge in [-0.2, -0.15) is 5.10 Å². The minimum absolute atomic E-state index is 0.0265. The summed E-state index contributed by atoms with van der Waals surface area (Å²) in [6.45, 7) is 8.56. The van der Waals surface area contributed by atoms with Gasteiger partial charge in [-0.1, -0.05) is 20.8 Å². The molecule has 0 aliphatic carbocycles. The van der Waals surface area contributed by atoms with E-state index in [0.717, 1.165) is 31.0 Å². The summed E-state index contributed by atoms with van der Waals surface area (Å²) < 4.78 is 7.93. The Balaban J connectivity index is 2.14. The molecule has 1 saturated heterocycles. The zero-order chi connectivity index (χ0) is 12.5. The summed E-state index contributed by atoms with van der Waals surface area (Å²) >= 11 is 0. The molecule has 4 heteroatoms. The fourth-order valence-corrected chi connectivity index (χ4v) is 2.17. The highest BCUT2D eigenvalue weighted by Gasteiger charge is 2.25. The highest BCUT2D eigenvalue weighted by molar-refractivity contribution is 5.30. The number of piperidine rings is 1. The lowest BCUT2D eigenvalue weighted by Crippen LogP contribution is -2.37. The van der Waals surface area contributed by atoms with Gasteiger partial charge in [-0.15, -0.1) is 0 Å². The van der Waals surface area contributed by atoms with E-state index >= 15 is 0 Å². The second kappa shape index (κ2) is 4.69. The summed E-state index contributed by atoms with van der Waals surface area (Å²) in [6.07, 6.45) is 4.59. The highest BCUT2D eigenvalue weighted by Crippen LogP contribution is 2.30. The number of rotatable bonds is 2. The third-order valence-electron chi connectivity index (χ3n) is 3.05. The van der Waals surface area contributed by atoms with E-state index in [1.807, 2.05) is 17.9 Å². The van der Waals surface area contributed by atoms with E-state index in [0.29, 0.717) is 0 Å². The summed E-state index contributed by atoms with van der Waals surface area (Å²) in [5.74, 6) is 0.939. The van der Waals surface area contributed by atoms with Gasteiger partial charge in [0.2, 0.25) is 0 Å². The van der Waals surface area contributed by atoms with Crippen LogP contribution in [0.15, 0.2) is 6.20 Å². The Bertz CT molecular complexity index is 373. The maximum atomic E-state index is 6.09. The molecule has 2 heterocycles. The number of aromatic nitrogens is 2. The van der Waals surface area contributed by atoms with Crippen LogP contribution in [0.25, 0.3) is 0 Å². The fourth-order valence-electron chi connectivity index (χ4n) is 2.17. The Morgan fingerprint density at radius 2 is 2.24 bits per heavy atom. The summed E-state index contributed by atoms with van der Waals surface area (Å²) in [5, 5.41) is 7.89. The van der Waals surface area contributed by atoms with E-state index in [1.165, 1.54) is 6.42 Å². The first-order chi connectivity index (χ1) is 7.97. The molecule has 0 aromatic carbocycles. The second-order valence-electron chi connectivity index (χ2n) is 5.85. The zero-order valence-electron chi connectivity index (χ0n) is 11.3. The van der Waals surface area contributed by atoms with E-state index in [2.05, 4.69) is 31.2 Å². The molecular formula is C13H23N3O. The molecule has 1 aliphatic rings. The van der Waals surface area contributed by atoms with Gasteiger partial charge in [0.15, 0.2) is 5.75 Å². The molecule has 1 fully saturated rings. The number of hydrogen-bond acceptors (Lipinski definition) is 3. The van der Waals surface area contributed by atoms with Crippen molar-refractivity contribution in [1.82, 2.24) is 15.1 Å². The quantitative estimate of drug-likeness (QED) is 0.853. The number of hydrogen-bond donors (Lipinski definition) is 1. The molecule has 0 radical (unpaired) electrons. The van der Waals surface area contributed by atoms with Crippen LogP contribution in [-0.2, 0) is 12.5 Å². The fraction of sp³-hybridized carbons (Fsp3) is 0.769. The Morgan fingerprint density at radius 3 is 2.82 bits per heavy atom. The predicted molar refractivity (Wildman–Crippen MR) is 68.4 cm³/mol. The van der Waals surface area contributed by atoms with Gasteiger partial charge in [0.05, 0.1) is 6.20 Å². The van der Waals surface area contributed by atoms with Crippen LogP contribution in [0.1, 0.15) is 39.3 Å². The van der Waals surface area contributed by atoms with Crippen molar-refractivity contribution in [2.24, 2.45) is 7.05 Å². The van der Waals surface area contributed by atoms with Crippen molar-refractivity contribution in [3.8, 4) is 5.75 Å². The Kier molecular flexibility index (Phi) is 3.43. The van der Waals surface area contributed by atoms with E-state index < -0.39 is 0 Å². The van der Waals surface area contributed by atoms with Gasteiger partial charge in [-0.3, -0.25) is 4.68 Å². The molecule has 4 nitrogen and oxygen atoms in total. The lowest BCUT2D eigenvalue weighted by atomic mass is 9.92. The molecule has 1 aliphatic heterocycles. The molecule has 0 amide bonds. The van der Waals surface area contributed by atoms with E-state index in [4.69, 9.17) is 4.74 Å². The Labute approximate surface area is 103 Å². The summed E-state index contributed by atoms with van der Waals surface area (Å²) in [6, 6.07) is 0. The first kappa shape index (κ1) is 12.4. The molecular weight excluding hydrogens is 214 g/mol. The third kappa shape index (κ3) is 3.00. The maximum Gasteiger partial charge on any atom is 0.161 e. The maximum absolute atomic E-state index is 6.09. The van der Waals surface area contributed by atoms with Crippen molar-refractivity contribution in [1.29, 1.82) is 0 Å². The molecule has 1 N–H and O–H groups in total. The van der Waals surface area contributed by atoms with E-state index in [9.17, 15) is 0 Å². The summed E-state index contributed by atoms with van der Waals surface area (Å²) in [7, 11) is 1.95. The van der Waals surface area contributed by atoms with Crippen LogP contribution in [0.3, 0.4) is 0 Å². The number of nitrogens with one attached hydrogen (secondary N) is 1. The largest absolute Gasteiger partial charge is 0.485 e. The lowest BCUT2D eigenvalue weighted by Gasteiger charge is -2.25. The summed E-state index contributed by atoms with van der Waals surface area (Å²) in [4.78, 5) is 0. The average molecular weight is 237 g/mol. The van der Waals surface area contributed by atoms with Gasteiger partial charge in [0.1, 0.15) is 11.8 Å². The van der Waals surface area contributed by atoms with E-state index in [1.54, 1.807) is 0 Å². The van der Waals surface area contributed by atoms with Crippen LogP contribution < -0.4 is 10.1 Å². The molecule has 1 aromatic rings. The molecule has 1 aromatic heterocycles. The zero-order valence-corrected chi connectivity index (χ0v) is 11.3. The SMILES string of the molecule is Cn1cc(OC2CCCNC2)c(C(C)(C)C)n1.